The van der Waals surface area contributed by atoms with Gasteiger partial charge in [0.2, 0.25) is 5.76 Å². The van der Waals surface area contributed by atoms with Crippen molar-refractivity contribution in [3.8, 4) is 11.5 Å². The number of hydrogen-bond donors (Lipinski definition) is 0. The molecule has 0 bridgehead atoms. The second-order valence-electron chi connectivity index (χ2n) is 8.33. The number of benzene rings is 2. The first-order valence-corrected chi connectivity index (χ1v) is 12.1. The fourth-order valence-corrected chi connectivity index (χ4v) is 4.61. The summed E-state index contributed by atoms with van der Waals surface area (Å²) in [5, 5.41) is 0.425. The summed E-state index contributed by atoms with van der Waals surface area (Å²) < 4.78 is 23.6. The molecule has 1 aromatic heterocycles. The van der Waals surface area contributed by atoms with Gasteiger partial charge in [0.05, 0.1) is 36.8 Å². The molecule has 1 atom stereocenters. The summed E-state index contributed by atoms with van der Waals surface area (Å²) in [5.41, 5.74) is 1.25. The predicted octanol–water partition coefficient (Wildman–Crippen LogP) is 5.32. The molecule has 8 heteroatoms. The minimum atomic E-state index is -0.606. The minimum Gasteiger partial charge on any atom is -0.493 e. The number of halogens is 1. The van der Waals surface area contributed by atoms with Crippen molar-refractivity contribution in [2.75, 3.05) is 26.9 Å². The van der Waals surface area contributed by atoms with Crippen molar-refractivity contribution in [3.05, 3.63) is 68.0 Å². The van der Waals surface area contributed by atoms with E-state index in [4.69, 9.17) is 18.6 Å². The number of carbonyl (C=O) groups is 1. The molecule has 0 aliphatic carbocycles. The van der Waals surface area contributed by atoms with Gasteiger partial charge in [-0.15, -0.1) is 0 Å². The Bertz CT molecular complexity index is 1270. The Balaban J connectivity index is 1.84. The maximum Gasteiger partial charge on any atom is 0.290 e. The summed E-state index contributed by atoms with van der Waals surface area (Å²) in [4.78, 5) is 28.8. The Morgan fingerprint density at radius 1 is 1.12 bits per heavy atom. The molecular formula is C26H28BrNO6. The Kier molecular flexibility index (Phi) is 7.28. The zero-order chi connectivity index (χ0) is 24.4. The lowest BCUT2D eigenvalue weighted by atomic mass is 9.98. The third-order valence-electron chi connectivity index (χ3n) is 5.73. The molecule has 3 aromatic rings. The van der Waals surface area contributed by atoms with Crippen LogP contribution in [0.25, 0.3) is 11.0 Å². The summed E-state index contributed by atoms with van der Waals surface area (Å²) >= 11 is 3.42. The molecule has 180 valence electrons. The molecule has 4 rings (SSSR count). The lowest BCUT2D eigenvalue weighted by Crippen LogP contribution is -2.31. The van der Waals surface area contributed by atoms with E-state index in [2.05, 4.69) is 15.9 Å². The lowest BCUT2D eigenvalue weighted by molar-refractivity contribution is 0.0593. The summed E-state index contributed by atoms with van der Waals surface area (Å²) in [5.74, 6) is 0.919. The van der Waals surface area contributed by atoms with Gasteiger partial charge in [-0.05, 0) is 63.1 Å². The van der Waals surface area contributed by atoms with E-state index in [0.29, 0.717) is 54.2 Å². The molecule has 2 heterocycles. The first-order valence-electron chi connectivity index (χ1n) is 11.3. The SMILES string of the molecule is CCOc1ccc(C2c3c(oc4ccc(Br)cc4c3=O)C(=O)N2CCCOC(C)C)cc1OC. The number of hydrogen-bond acceptors (Lipinski definition) is 6. The van der Waals surface area contributed by atoms with Crippen LogP contribution in [0, 0.1) is 0 Å². The van der Waals surface area contributed by atoms with Crippen LogP contribution in [0.3, 0.4) is 0 Å². The van der Waals surface area contributed by atoms with Crippen molar-refractivity contribution in [2.24, 2.45) is 0 Å². The Morgan fingerprint density at radius 2 is 1.91 bits per heavy atom. The highest BCUT2D eigenvalue weighted by Crippen LogP contribution is 2.41. The highest BCUT2D eigenvalue weighted by Gasteiger charge is 2.42. The standard InChI is InChI=1S/C26H28BrNO6/c1-5-32-20-9-7-16(13-21(20)31-4)23-22-24(29)18-14-17(27)8-10-19(18)34-25(22)26(30)28(23)11-6-12-33-15(2)3/h7-10,13-15,23H,5-6,11-12H2,1-4H3. The number of carbonyl (C=O) groups excluding carboxylic acids is 1. The highest BCUT2D eigenvalue weighted by atomic mass is 79.9. The molecule has 0 saturated carbocycles. The molecule has 0 spiro atoms. The van der Waals surface area contributed by atoms with Crippen molar-refractivity contribution in [3.63, 3.8) is 0 Å². The van der Waals surface area contributed by atoms with Crippen LogP contribution < -0.4 is 14.9 Å². The van der Waals surface area contributed by atoms with Crippen LogP contribution in [0.2, 0.25) is 0 Å². The molecule has 0 radical (unpaired) electrons. The topological polar surface area (TPSA) is 78.2 Å². The summed E-state index contributed by atoms with van der Waals surface area (Å²) in [6.07, 6.45) is 0.728. The van der Waals surface area contributed by atoms with E-state index in [1.807, 2.05) is 32.9 Å². The van der Waals surface area contributed by atoms with Crippen molar-refractivity contribution >= 4 is 32.8 Å². The molecule has 1 amide bonds. The molecule has 1 unspecified atom stereocenters. The number of ether oxygens (including phenoxy) is 3. The van der Waals surface area contributed by atoms with Gasteiger partial charge in [0.25, 0.3) is 5.91 Å². The largest absolute Gasteiger partial charge is 0.493 e. The van der Waals surface area contributed by atoms with E-state index in [1.165, 1.54) is 0 Å². The van der Waals surface area contributed by atoms with Gasteiger partial charge in [-0.25, -0.2) is 0 Å². The Labute approximate surface area is 206 Å². The number of rotatable bonds is 9. The maximum absolute atomic E-state index is 13.7. The first-order chi connectivity index (χ1) is 16.3. The van der Waals surface area contributed by atoms with E-state index in [1.54, 1.807) is 36.3 Å². The van der Waals surface area contributed by atoms with E-state index in [-0.39, 0.29) is 23.2 Å². The van der Waals surface area contributed by atoms with Crippen LogP contribution in [0.4, 0.5) is 0 Å². The molecule has 1 aliphatic rings. The average Bonchev–Trinajstić information content (AvgIpc) is 3.09. The minimum absolute atomic E-state index is 0.0856. The van der Waals surface area contributed by atoms with Gasteiger partial charge in [-0.1, -0.05) is 22.0 Å². The van der Waals surface area contributed by atoms with Crippen LogP contribution in [0.1, 0.15) is 54.9 Å². The number of methoxy groups -OCH3 is 1. The molecule has 2 aromatic carbocycles. The smallest absolute Gasteiger partial charge is 0.290 e. The molecule has 1 aliphatic heterocycles. The van der Waals surface area contributed by atoms with Gasteiger partial charge in [0.15, 0.2) is 16.9 Å². The lowest BCUT2D eigenvalue weighted by Gasteiger charge is -2.26. The molecule has 0 saturated heterocycles. The second-order valence-corrected chi connectivity index (χ2v) is 9.25. The normalized spacial score (nSPS) is 15.3. The quantitative estimate of drug-likeness (QED) is 0.349. The third kappa shape index (κ3) is 4.57. The predicted molar refractivity (Wildman–Crippen MR) is 133 cm³/mol. The summed E-state index contributed by atoms with van der Waals surface area (Å²) in [6, 6.07) is 10.1. The highest BCUT2D eigenvalue weighted by molar-refractivity contribution is 9.10. The van der Waals surface area contributed by atoms with Crippen LogP contribution >= 0.6 is 15.9 Å². The Morgan fingerprint density at radius 3 is 2.62 bits per heavy atom. The monoisotopic (exact) mass is 529 g/mol. The third-order valence-corrected chi connectivity index (χ3v) is 6.22. The number of amides is 1. The fraction of sp³-hybridized carbons (Fsp3) is 0.385. The van der Waals surface area contributed by atoms with E-state index in [9.17, 15) is 9.59 Å². The van der Waals surface area contributed by atoms with Crippen LogP contribution in [-0.2, 0) is 4.74 Å². The average molecular weight is 530 g/mol. The molecule has 34 heavy (non-hydrogen) atoms. The number of fused-ring (bicyclic) bond motifs is 2. The van der Waals surface area contributed by atoms with E-state index in [0.717, 1.165) is 10.0 Å². The van der Waals surface area contributed by atoms with Crippen LogP contribution in [0.15, 0.2) is 50.1 Å². The van der Waals surface area contributed by atoms with Crippen LogP contribution in [0.5, 0.6) is 11.5 Å². The second kappa shape index (κ2) is 10.2. The van der Waals surface area contributed by atoms with Gasteiger partial charge < -0.3 is 23.5 Å². The zero-order valence-electron chi connectivity index (χ0n) is 19.7. The molecule has 7 nitrogen and oxygen atoms in total. The maximum atomic E-state index is 13.7. The van der Waals surface area contributed by atoms with Gasteiger partial charge in [-0.3, -0.25) is 9.59 Å². The van der Waals surface area contributed by atoms with Gasteiger partial charge >= 0.3 is 0 Å². The van der Waals surface area contributed by atoms with Crippen molar-refractivity contribution < 1.29 is 23.4 Å². The van der Waals surface area contributed by atoms with Crippen molar-refractivity contribution in [2.45, 2.75) is 39.3 Å². The van der Waals surface area contributed by atoms with Gasteiger partial charge in [-0.2, -0.15) is 0 Å². The van der Waals surface area contributed by atoms with E-state index < -0.39 is 6.04 Å². The van der Waals surface area contributed by atoms with E-state index >= 15 is 0 Å². The van der Waals surface area contributed by atoms with Crippen molar-refractivity contribution in [1.82, 2.24) is 4.90 Å². The van der Waals surface area contributed by atoms with Gasteiger partial charge in [0, 0.05) is 17.6 Å². The zero-order valence-corrected chi connectivity index (χ0v) is 21.3. The summed E-state index contributed by atoms with van der Waals surface area (Å²) in [6.45, 7) is 7.25. The van der Waals surface area contributed by atoms with Crippen molar-refractivity contribution in [1.29, 1.82) is 0 Å². The molecule has 0 fully saturated rings. The van der Waals surface area contributed by atoms with Crippen LogP contribution in [-0.4, -0.2) is 43.8 Å². The summed E-state index contributed by atoms with van der Waals surface area (Å²) in [7, 11) is 1.57. The molecular weight excluding hydrogens is 502 g/mol. The molecule has 0 N–H and O–H groups in total. The van der Waals surface area contributed by atoms with Gasteiger partial charge in [0.1, 0.15) is 5.58 Å². The first kappa shape index (κ1) is 24.3. The Hall–Kier alpha value is -2.84. The fourth-order valence-electron chi connectivity index (χ4n) is 4.25. The number of nitrogens with zero attached hydrogens (tertiary/aromatic N) is 1.